The molecule has 2 atom stereocenters. The molecule has 8 nitrogen and oxygen atoms in total. The fourth-order valence-electron chi connectivity index (χ4n) is 3.65. The molecule has 0 aromatic carbocycles. The molecule has 0 bridgehead atoms. The topological polar surface area (TPSA) is 91.3 Å². The average Bonchev–Trinajstić information content (AvgIpc) is 2.79. The van der Waals surface area contributed by atoms with Gasteiger partial charge >= 0.3 is 13.8 Å². The Morgan fingerprint density at radius 3 is 1.78 bits per heavy atom. The molecule has 0 spiro atoms. The highest BCUT2D eigenvalue weighted by atomic mass is 31.2. The Morgan fingerprint density at radius 2 is 1.28 bits per heavy atom. The van der Waals surface area contributed by atoms with Crippen molar-refractivity contribution in [2.75, 3.05) is 54.1 Å². The number of esters is 1. The minimum absolute atomic E-state index is 0.0904. The van der Waals surface area contributed by atoms with Crippen LogP contribution in [0.5, 0.6) is 0 Å². The predicted octanol–water partition coefficient (Wildman–Crippen LogP) is 6.65. The first-order valence-corrected chi connectivity index (χ1v) is 15.8. The van der Waals surface area contributed by atoms with Gasteiger partial charge in [-0.3, -0.25) is 13.8 Å². The fourth-order valence-corrected chi connectivity index (χ4v) is 4.39. The van der Waals surface area contributed by atoms with Crippen LogP contribution in [0, 0.1) is 0 Å². The quantitative estimate of drug-likeness (QED) is 0.0571. The summed E-state index contributed by atoms with van der Waals surface area (Å²) in [6.45, 7) is 5.25. The van der Waals surface area contributed by atoms with E-state index >= 15 is 0 Å². The number of nitrogens with zero attached hydrogens (tertiary/aromatic N) is 1. The van der Waals surface area contributed by atoms with E-state index in [0.717, 1.165) is 12.8 Å². The van der Waals surface area contributed by atoms with Crippen LogP contribution in [0.15, 0.2) is 0 Å². The van der Waals surface area contributed by atoms with E-state index in [1.54, 1.807) is 0 Å². The van der Waals surface area contributed by atoms with Gasteiger partial charge in [-0.15, -0.1) is 0 Å². The van der Waals surface area contributed by atoms with E-state index in [1.807, 2.05) is 28.1 Å². The van der Waals surface area contributed by atoms with Crippen molar-refractivity contribution >= 4 is 13.8 Å². The van der Waals surface area contributed by atoms with E-state index in [2.05, 4.69) is 6.92 Å². The standard InChI is InChI=1S/C27H56NO7P/c1-6-8-9-10-11-12-13-14-15-16-17-18-19-22-32-24-26(35-27(29)20-7-2)25-34-36(30,31)33-23-21-28(3,4)5/h26H,6-25H2,1-5H3/p+1. The van der Waals surface area contributed by atoms with Crippen LogP contribution in [0.25, 0.3) is 0 Å². The molecule has 0 aliphatic heterocycles. The zero-order valence-corrected chi connectivity index (χ0v) is 24.9. The smallest absolute Gasteiger partial charge is 0.457 e. The Balaban J connectivity index is 4.00. The fraction of sp³-hybridized carbons (Fsp3) is 0.963. The van der Waals surface area contributed by atoms with Crippen LogP contribution in [0.1, 0.15) is 110 Å². The van der Waals surface area contributed by atoms with E-state index in [1.165, 1.54) is 70.6 Å². The molecule has 0 saturated heterocycles. The largest absolute Gasteiger partial charge is 0.472 e. The molecule has 2 unspecified atom stereocenters. The van der Waals surface area contributed by atoms with Crippen molar-refractivity contribution in [3.63, 3.8) is 0 Å². The molecule has 0 aromatic heterocycles. The lowest BCUT2D eigenvalue weighted by Gasteiger charge is -2.24. The number of rotatable bonds is 26. The monoisotopic (exact) mass is 538 g/mol. The normalized spacial score (nSPS) is 14.5. The van der Waals surface area contributed by atoms with Crippen LogP contribution in [-0.4, -0.2) is 75.6 Å². The summed E-state index contributed by atoms with van der Waals surface area (Å²) in [5, 5.41) is 0. The Morgan fingerprint density at radius 1 is 0.750 bits per heavy atom. The number of carbonyl (C=O) groups excluding carboxylic acids is 1. The van der Waals surface area contributed by atoms with Crippen molar-refractivity contribution in [3.8, 4) is 0 Å². The molecule has 216 valence electrons. The molecule has 0 aromatic rings. The summed E-state index contributed by atoms with van der Waals surface area (Å²) < 4.78 is 33.9. The summed E-state index contributed by atoms with van der Waals surface area (Å²) >= 11 is 0. The molecule has 0 fully saturated rings. The van der Waals surface area contributed by atoms with E-state index in [9.17, 15) is 14.3 Å². The number of phosphoric ester groups is 1. The second-order valence-electron chi connectivity index (χ2n) is 10.8. The maximum Gasteiger partial charge on any atom is 0.472 e. The van der Waals surface area contributed by atoms with Crippen LogP contribution in [-0.2, 0) is 27.9 Å². The summed E-state index contributed by atoms with van der Waals surface area (Å²) in [7, 11) is 1.67. The summed E-state index contributed by atoms with van der Waals surface area (Å²) in [5.74, 6) is -0.366. The maximum absolute atomic E-state index is 12.2. The maximum atomic E-state index is 12.2. The number of quaternary nitrogens is 1. The molecule has 0 heterocycles. The van der Waals surface area contributed by atoms with E-state index < -0.39 is 13.9 Å². The molecule has 0 radical (unpaired) electrons. The molecule has 1 N–H and O–H groups in total. The number of ether oxygens (including phenoxy) is 2. The highest BCUT2D eigenvalue weighted by Gasteiger charge is 2.26. The molecule has 0 aliphatic rings. The van der Waals surface area contributed by atoms with Crippen LogP contribution in [0.4, 0.5) is 0 Å². The van der Waals surface area contributed by atoms with Gasteiger partial charge in [0, 0.05) is 13.0 Å². The first-order chi connectivity index (χ1) is 17.1. The first-order valence-electron chi connectivity index (χ1n) is 14.3. The third-order valence-corrected chi connectivity index (χ3v) is 6.87. The molecule has 0 amide bonds. The van der Waals surface area contributed by atoms with Crippen molar-refractivity contribution in [3.05, 3.63) is 0 Å². The lowest BCUT2D eigenvalue weighted by Crippen LogP contribution is -2.37. The Labute approximate surface area is 221 Å². The molecular formula is C27H57NO7P+. The van der Waals surface area contributed by atoms with Crippen LogP contribution < -0.4 is 0 Å². The highest BCUT2D eigenvalue weighted by molar-refractivity contribution is 7.47. The number of hydrogen-bond donors (Lipinski definition) is 1. The average molecular weight is 539 g/mol. The Bertz CT molecular complexity index is 569. The minimum Gasteiger partial charge on any atom is -0.457 e. The van der Waals surface area contributed by atoms with Crippen LogP contribution >= 0.6 is 7.82 Å². The van der Waals surface area contributed by atoms with Gasteiger partial charge in [-0.05, 0) is 12.8 Å². The van der Waals surface area contributed by atoms with Gasteiger partial charge in [0.05, 0.1) is 34.4 Å². The van der Waals surface area contributed by atoms with Gasteiger partial charge < -0.3 is 18.9 Å². The van der Waals surface area contributed by atoms with Crippen molar-refractivity contribution in [1.29, 1.82) is 0 Å². The summed E-state index contributed by atoms with van der Waals surface area (Å²) in [6.07, 6.45) is 17.0. The van der Waals surface area contributed by atoms with Gasteiger partial charge in [0.2, 0.25) is 0 Å². The van der Waals surface area contributed by atoms with Gasteiger partial charge in [-0.1, -0.05) is 90.9 Å². The van der Waals surface area contributed by atoms with Crippen molar-refractivity contribution < 1.29 is 37.3 Å². The summed E-state index contributed by atoms with van der Waals surface area (Å²) in [4.78, 5) is 21.8. The van der Waals surface area contributed by atoms with Gasteiger partial charge in [-0.2, -0.15) is 0 Å². The lowest BCUT2D eigenvalue weighted by atomic mass is 10.0. The third kappa shape index (κ3) is 25.2. The first kappa shape index (κ1) is 35.5. The second-order valence-corrected chi connectivity index (χ2v) is 12.2. The molecule has 0 saturated carbocycles. The van der Waals surface area contributed by atoms with Gasteiger partial charge in [0.25, 0.3) is 0 Å². The molecule has 36 heavy (non-hydrogen) atoms. The van der Waals surface area contributed by atoms with Gasteiger partial charge in [-0.25, -0.2) is 4.57 Å². The molecule has 0 rings (SSSR count). The zero-order valence-electron chi connectivity index (χ0n) is 24.0. The predicted molar refractivity (Wildman–Crippen MR) is 146 cm³/mol. The second kappa shape index (κ2) is 22.5. The zero-order chi connectivity index (χ0) is 27.1. The lowest BCUT2D eigenvalue weighted by molar-refractivity contribution is -0.870. The molecular weight excluding hydrogens is 481 g/mol. The van der Waals surface area contributed by atoms with E-state index in [4.69, 9.17) is 18.5 Å². The third-order valence-electron chi connectivity index (χ3n) is 5.89. The summed E-state index contributed by atoms with van der Waals surface area (Å²) in [5.41, 5.74) is 0. The van der Waals surface area contributed by atoms with Crippen molar-refractivity contribution in [2.45, 2.75) is 116 Å². The number of carbonyl (C=O) groups is 1. The van der Waals surface area contributed by atoms with Crippen LogP contribution in [0.2, 0.25) is 0 Å². The number of unbranched alkanes of at least 4 members (excludes halogenated alkanes) is 12. The minimum atomic E-state index is -4.22. The summed E-state index contributed by atoms with van der Waals surface area (Å²) in [6, 6.07) is 0. The van der Waals surface area contributed by atoms with Crippen LogP contribution in [0.3, 0.4) is 0 Å². The Hall–Kier alpha value is -0.500. The molecule has 9 heteroatoms. The Kier molecular flexibility index (Phi) is 22.2. The highest BCUT2D eigenvalue weighted by Crippen LogP contribution is 2.43. The molecule has 0 aliphatic carbocycles. The number of phosphoric acid groups is 1. The van der Waals surface area contributed by atoms with E-state index in [-0.39, 0.29) is 32.2 Å². The van der Waals surface area contributed by atoms with Gasteiger partial charge in [0.1, 0.15) is 19.3 Å². The SMILES string of the molecule is CCCCCCCCCCCCCCCOCC(COP(=O)(O)OCC[N+](C)(C)C)OC(=O)CCC. The number of hydrogen-bond acceptors (Lipinski definition) is 6. The number of likely N-dealkylation sites (N-methyl/N-ethyl adjacent to an activating group) is 1. The van der Waals surface area contributed by atoms with Crippen molar-refractivity contribution in [2.24, 2.45) is 0 Å². The van der Waals surface area contributed by atoms with E-state index in [0.29, 0.717) is 24.1 Å². The van der Waals surface area contributed by atoms with Crippen molar-refractivity contribution in [1.82, 2.24) is 0 Å². The van der Waals surface area contributed by atoms with Gasteiger partial charge in [0.15, 0.2) is 0 Å².